The number of hydrogen-bond donors (Lipinski definition) is 2. The fourth-order valence-corrected chi connectivity index (χ4v) is 2.58. The summed E-state index contributed by atoms with van der Waals surface area (Å²) in [7, 11) is 0. The van der Waals surface area contributed by atoms with Crippen LogP contribution in [0.2, 0.25) is 5.02 Å². The molecule has 0 radical (unpaired) electrons. The molecule has 0 aliphatic heterocycles. The van der Waals surface area contributed by atoms with Crippen LogP contribution in [0.3, 0.4) is 0 Å². The topological polar surface area (TPSA) is 72.4 Å². The Balaban J connectivity index is 2.09. The zero-order valence-corrected chi connectivity index (χ0v) is 13.2. The third-order valence-electron chi connectivity index (χ3n) is 4.12. The van der Waals surface area contributed by atoms with Crippen molar-refractivity contribution >= 4 is 23.2 Å². The Morgan fingerprint density at radius 3 is 2.71 bits per heavy atom. The van der Waals surface area contributed by atoms with Gasteiger partial charge in [0.1, 0.15) is 5.65 Å². The average molecular weight is 309 g/mol. The van der Waals surface area contributed by atoms with Gasteiger partial charge in [0.05, 0.1) is 22.7 Å². The highest BCUT2D eigenvalue weighted by atomic mass is 35.5. The molecule has 0 saturated carbocycles. The summed E-state index contributed by atoms with van der Waals surface area (Å²) < 4.78 is 1.85. The third kappa shape index (κ3) is 3.19. The van der Waals surface area contributed by atoms with E-state index in [1.807, 2.05) is 30.5 Å². The third-order valence-corrected chi connectivity index (χ3v) is 4.34. The van der Waals surface area contributed by atoms with Crippen LogP contribution in [-0.4, -0.2) is 21.8 Å². The van der Waals surface area contributed by atoms with Crippen LogP contribution >= 0.6 is 11.6 Å². The van der Waals surface area contributed by atoms with Crippen molar-refractivity contribution in [2.45, 2.75) is 33.2 Å². The summed E-state index contributed by atoms with van der Waals surface area (Å²) in [5.74, 6) is -0.00918. The number of carbonyl (C=O) groups excluding carboxylic acids is 1. The molecule has 21 heavy (non-hydrogen) atoms. The van der Waals surface area contributed by atoms with E-state index in [0.717, 1.165) is 24.2 Å². The molecule has 0 aromatic carbocycles. The van der Waals surface area contributed by atoms with Crippen LogP contribution in [0.1, 0.15) is 32.4 Å². The van der Waals surface area contributed by atoms with E-state index in [2.05, 4.69) is 10.3 Å². The number of aromatic nitrogens is 2. The summed E-state index contributed by atoms with van der Waals surface area (Å²) in [5.41, 5.74) is 6.90. The highest BCUT2D eigenvalue weighted by Gasteiger charge is 2.33. The van der Waals surface area contributed by atoms with Crippen LogP contribution in [0, 0.1) is 5.41 Å². The molecule has 0 saturated heterocycles. The lowest BCUT2D eigenvalue weighted by molar-refractivity contribution is -0.131. The lowest BCUT2D eigenvalue weighted by atomic mass is 9.81. The number of carbonyl (C=O) groups is 1. The first kappa shape index (κ1) is 15.8. The van der Waals surface area contributed by atoms with Gasteiger partial charge in [0, 0.05) is 18.9 Å². The number of pyridine rings is 1. The number of nitrogens with zero attached hydrogens (tertiary/aromatic N) is 2. The molecule has 0 bridgehead atoms. The minimum absolute atomic E-state index is 0.00918. The second-order valence-electron chi connectivity index (χ2n) is 5.22. The molecule has 3 N–H and O–H groups in total. The van der Waals surface area contributed by atoms with Gasteiger partial charge < -0.3 is 15.5 Å². The molecule has 2 rings (SSSR count). The predicted molar refractivity (Wildman–Crippen MR) is 84.1 cm³/mol. The van der Waals surface area contributed by atoms with E-state index in [1.54, 1.807) is 12.3 Å². The molecule has 0 aliphatic carbocycles. The Labute approximate surface area is 129 Å². The van der Waals surface area contributed by atoms with Gasteiger partial charge in [-0.3, -0.25) is 4.79 Å². The van der Waals surface area contributed by atoms with E-state index in [0.29, 0.717) is 18.1 Å². The maximum Gasteiger partial charge on any atom is 0.227 e. The molecule has 0 spiro atoms. The van der Waals surface area contributed by atoms with Gasteiger partial charge >= 0.3 is 0 Å². The molecule has 2 heterocycles. The van der Waals surface area contributed by atoms with Crippen molar-refractivity contribution in [3.8, 4) is 0 Å². The zero-order valence-electron chi connectivity index (χ0n) is 12.4. The first-order chi connectivity index (χ1) is 10.0. The normalized spacial score (nSPS) is 11.8. The number of halogens is 1. The second kappa shape index (κ2) is 6.45. The number of hydrogen-bond acceptors (Lipinski definition) is 3. The number of nitrogens with one attached hydrogen (secondary N) is 1. The Bertz CT molecular complexity index is 625. The van der Waals surface area contributed by atoms with E-state index >= 15 is 0 Å². The van der Waals surface area contributed by atoms with Crippen LogP contribution in [-0.2, 0) is 11.3 Å². The van der Waals surface area contributed by atoms with Crippen molar-refractivity contribution in [1.29, 1.82) is 0 Å². The maximum absolute atomic E-state index is 12.4. The smallest absolute Gasteiger partial charge is 0.227 e. The molecule has 0 aliphatic rings. The fraction of sp³-hybridized carbons (Fsp3) is 0.467. The van der Waals surface area contributed by atoms with Gasteiger partial charge in [0.25, 0.3) is 0 Å². The summed E-state index contributed by atoms with van der Waals surface area (Å²) in [6.45, 7) is 4.72. The second-order valence-corrected chi connectivity index (χ2v) is 5.66. The van der Waals surface area contributed by atoms with E-state index < -0.39 is 5.41 Å². The molecular weight excluding hydrogens is 288 g/mol. The van der Waals surface area contributed by atoms with E-state index in [-0.39, 0.29) is 5.91 Å². The Hall–Kier alpha value is -1.59. The van der Waals surface area contributed by atoms with Crippen LogP contribution in [0.15, 0.2) is 24.5 Å². The summed E-state index contributed by atoms with van der Waals surface area (Å²) in [4.78, 5) is 16.8. The molecule has 114 valence electrons. The lowest BCUT2D eigenvalue weighted by Gasteiger charge is -2.28. The molecule has 0 unspecified atom stereocenters. The van der Waals surface area contributed by atoms with Crippen molar-refractivity contribution < 1.29 is 4.79 Å². The SMILES string of the molecule is CCC(CC)(CN)C(=O)NCc1cn2cc(Cl)ccc2n1. The largest absolute Gasteiger partial charge is 0.350 e. The summed E-state index contributed by atoms with van der Waals surface area (Å²) in [5, 5.41) is 3.59. The van der Waals surface area contributed by atoms with Crippen LogP contribution in [0.5, 0.6) is 0 Å². The van der Waals surface area contributed by atoms with Gasteiger partial charge in [0.2, 0.25) is 5.91 Å². The molecule has 6 heteroatoms. The molecule has 0 atom stereocenters. The van der Waals surface area contributed by atoms with Gasteiger partial charge in [-0.2, -0.15) is 0 Å². The fourth-order valence-electron chi connectivity index (χ4n) is 2.41. The minimum atomic E-state index is -0.484. The number of imidazole rings is 1. The molecular formula is C15H21ClN4O. The molecule has 2 aromatic heterocycles. The molecule has 5 nitrogen and oxygen atoms in total. The quantitative estimate of drug-likeness (QED) is 0.860. The van der Waals surface area contributed by atoms with Crippen molar-refractivity contribution in [2.75, 3.05) is 6.54 Å². The molecule has 2 aromatic rings. The highest BCUT2D eigenvalue weighted by molar-refractivity contribution is 6.30. The number of rotatable bonds is 6. The zero-order chi connectivity index (χ0) is 15.5. The highest BCUT2D eigenvalue weighted by Crippen LogP contribution is 2.25. The minimum Gasteiger partial charge on any atom is -0.350 e. The van der Waals surface area contributed by atoms with Crippen LogP contribution in [0.25, 0.3) is 5.65 Å². The molecule has 1 amide bonds. The number of amides is 1. The lowest BCUT2D eigenvalue weighted by Crippen LogP contribution is -2.45. The predicted octanol–water partition coefficient (Wildman–Crippen LogP) is 2.37. The van der Waals surface area contributed by atoms with Crippen LogP contribution < -0.4 is 11.1 Å². The standard InChI is InChI=1S/C15H21ClN4O/c1-3-15(4-2,10-17)14(21)18-7-12-9-20-8-11(16)5-6-13(20)19-12/h5-6,8-9H,3-4,7,10,17H2,1-2H3,(H,18,21). The maximum atomic E-state index is 12.4. The van der Waals surface area contributed by atoms with Crippen molar-refractivity contribution in [3.05, 3.63) is 35.2 Å². The summed E-state index contributed by atoms with van der Waals surface area (Å²) in [6, 6.07) is 3.63. The first-order valence-corrected chi connectivity index (χ1v) is 7.54. The Morgan fingerprint density at radius 2 is 2.10 bits per heavy atom. The summed E-state index contributed by atoms with van der Waals surface area (Å²) >= 11 is 5.94. The van der Waals surface area contributed by atoms with Gasteiger partial charge in [0.15, 0.2) is 0 Å². The van der Waals surface area contributed by atoms with E-state index in [4.69, 9.17) is 17.3 Å². The van der Waals surface area contributed by atoms with Crippen molar-refractivity contribution in [2.24, 2.45) is 11.1 Å². The molecule has 0 fully saturated rings. The van der Waals surface area contributed by atoms with Gasteiger partial charge in [-0.1, -0.05) is 25.4 Å². The van der Waals surface area contributed by atoms with Crippen LogP contribution in [0.4, 0.5) is 0 Å². The summed E-state index contributed by atoms with van der Waals surface area (Å²) in [6.07, 6.45) is 5.11. The number of nitrogens with two attached hydrogens (primary N) is 1. The van der Waals surface area contributed by atoms with Crippen molar-refractivity contribution in [3.63, 3.8) is 0 Å². The Morgan fingerprint density at radius 1 is 1.38 bits per heavy atom. The van der Waals surface area contributed by atoms with Gasteiger partial charge in [-0.15, -0.1) is 0 Å². The average Bonchev–Trinajstić information content (AvgIpc) is 2.89. The van der Waals surface area contributed by atoms with E-state index in [1.165, 1.54) is 0 Å². The number of fused-ring (bicyclic) bond motifs is 1. The van der Waals surface area contributed by atoms with Gasteiger partial charge in [-0.05, 0) is 25.0 Å². The van der Waals surface area contributed by atoms with Crippen molar-refractivity contribution in [1.82, 2.24) is 14.7 Å². The first-order valence-electron chi connectivity index (χ1n) is 7.16. The van der Waals surface area contributed by atoms with Gasteiger partial charge in [-0.25, -0.2) is 4.98 Å². The monoisotopic (exact) mass is 308 g/mol. The Kier molecular flexibility index (Phi) is 4.85. The van der Waals surface area contributed by atoms with E-state index in [9.17, 15) is 4.79 Å².